The highest BCUT2D eigenvalue weighted by atomic mass is 79.9. The van der Waals surface area contributed by atoms with Gasteiger partial charge in [0, 0.05) is 17.5 Å². The Bertz CT molecular complexity index is 664. The monoisotopic (exact) mass is 308 g/mol. The molecule has 1 heterocycles. The molecular formula is C13H10BrFN2O. The number of H-pyrrole nitrogens is 1. The first kappa shape index (κ1) is 11.6. The van der Waals surface area contributed by atoms with E-state index in [4.69, 9.17) is 0 Å². The van der Waals surface area contributed by atoms with Crippen LogP contribution in [0, 0.1) is 5.82 Å². The Morgan fingerprint density at radius 1 is 1.33 bits per heavy atom. The normalized spacial score (nSPS) is 14.8. The second-order valence-electron chi connectivity index (χ2n) is 4.42. The highest BCUT2D eigenvalue weighted by Gasteiger charge is 2.25. The molecule has 1 saturated carbocycles. The number of aromatic amines is 1. The largest absolute Gasteiger partial charge is 0.307 e. The first-order valence-electron chi connectivity index (χ1n) is 5.70. The van der Waals surface area contributed by atoms with Gasteiger partial charge in [-0.1, -0.05) is 0 Å². The predicted octanol–water partition coefficient (Wildman–Crippen LogP) is 3.22. The zero-order chi connectivity index (χ0) is 12.7. The van der Waals surface area contributed by atoms with E-state index in [-0.39, 0.29) is 11.4 Å². The molecule has 0 atom stereocenters. The third kappa shape index (κ3) is 2.22. The maximum absolute atomic E-state index is 13.2. The SMILES string of the molecule is O=c1cc(C2CC2)nc(-c2ccc(F)c(Br)c2)[nH]1. The minimum atomic E-state index is -0.334. The molecule has 1 aliphatic rings. The molecular weight excluding hydrogens is 299 g/mol. The summed E-state index contributed by atoms with van der Waals surface area (Å²) in [6, 6.07) is 6.11. The van der Waals surface area contributed by atoms with E-state index in [2.05, 4.69) is 25.9 Å². The summed E-state index contributed by atoms with van der Waals surface area (Å²) >= 11 is 3.13. The van der Waals surface area contributed by atoms with Crippen LogP contribution in [0.4, 0.5) is 4.39 Å². The summed E-state index contributed by atoms with van der Waals surface area (Å²) in [5.41, 5.74) is 1.36. The maximum Gasteiger partial charge on any atom is 0.251 e. The van der Waals surface area contributed by atoms with E-state index >= 15 is 0 Å². The molecule has 2 aromatic rings. The first-order chi connectivity index (χ1) is 8.63. The number of halogens is 2. The Balaban J connectivity index is 2.09. The number of rotatable bonds is 2. The van der Waals surface area contributed by atoms with Crippen LogP contribution in [0.15, 0.2) is 33.5 Å². The fraction of sp³-hybridized carbons (Fsp3) is 0.231. The summed E-state index contributed by atoms with van der Waals surface area (Å²) in [6.45, 7) is 0. The average Bonchev–Trinajstić information content (AvgIpc) is 3.16. The molecule has 3 nitrogen and oxygen atoms in total. The van der Waals surface area contributed by atoms with Crippen molar-refractivity contribution in [2.45, 2.75) is 18.8 Å². The van der Waals surface area contributed by atoms with Gasteiger partial charge in [-0.2, -0.15) is 0 Å². The van der Waals surface area contributed by atoms with Gasteiger partial charge in [0.25, 0.3) is 5.56 Å². The van der Waals surface area contributed by atoms with Crippen molar-refractivity contribution in [1.82, 2.24) is 9.97 Å². The van der Waals surface area contributed by atoms with Crippen molar-refractivity contribution in [2.75, 3.05) is 0 Å². The Hall–Kier alpha value is -1.49. The molecule has 18 heavy (non-hydrogen) atoms. The molecule has 0 aliphatic heterocycles. The summed E-state index contributed by atoms with van der Waals surface area (Å²) in [6.07, 6.45) is 2.17. The quantitative estimate of drug-likeness (QED) is 0.926. The number of nitrogens with zero attached hydrogens (tertiary/aromatic N) is 1. The smallest absolute Gasteiger partial charge is 0.251 e. The summed E-state index contributed by atoms with van der Waals surface area (Å²) in [5.74, 6) is 0.569. The van der Waals surface area contributed by atoms with E-state index in [0.29, 0.717) is 21.8 Å². The Morgan fingerprint density at radius 3 is 2.78 bits per heavy atom. The molecule has 92 valence electrons. The lowest BCUT2D eigenvalue weighted by molar-refractivity contribution is 0.621. The number of hydrogen-bond donors (Lipinski definition) is 1. The topological polar surface area (TPSA) is 45.8 Å². The molecule has 3 rings (SSSR count). The molecule has 1 N–H and O–H groups in total. The standard InChI is InChI=1S/C13H10BrFN2O/c14-9-5-8(3-4-10(9)15)13-16-11(7-1-2-7)6-12(18)17-13/h3-7H,1-2H2,(H,16,17,18). The van der Waals surface area contributed by atoms with Crippen LogP contribution in [0.5, 0.6) is 0 Å². The van der Waals surface area contributed by atoms with Gasteiger partial charge in [-0.05, 0) is 47.0 Å². The van der Waals surface area contributed by atoms with E-state index in [1.54, 1.807) is 18.2 Å². The van der Waals surface area contributed by atoms with E-state index in [0.717, 1.165) is 18.5 Å². The van der Waals surface area contributed by atoms with E-state index in [1.165, 1.54) is 6.07 Å². The lowest BCUT2D eigenvalue weighted by Crippen LogP contribution is -2.09. The Morgan fingerprint density at radius 2 is 2.11 bits per heavy atom. The lowest BCUT2D eigenvalue weighted by atomic mass is 10.2. The Labute approximate surface area is 111 Å². The minimum Gasteiger partial charge on any atom is -0.307 e. The fourth-order valence-corrected chi connectivity index (χ4v) is 2.22. The molecule has 0 bridgehead atoms. The van der Waals surface area contributed by atoms with Crippen molar-refractivity contribution < 1.29 is 4.39 Å². The zero-order valence-corrected chi connectivity index (χ0v) is 11.0. The molecule has 0 radical (unpaired) electrons. The van der Waals surface area contributed by atoms with Crippen LogP contribution in [0.1, 0.15) is 24.5 Å². The van der Waals surface area contributed by atoms with Crippen molar-refractivity contribution >= 4 is 15.9 Å². The van der Waals surface area contributed by atoms with Gasteiger partial charge in [0.15, 0.2) is 0 Å². The van der Waals surface area contributed by atoms with Gasteiger partial charge >= 0.3 is 0 Å². The van der Waals surface area contributed by atoms with Gasteiger partial charge in [0.05, 0.1) is 10.2 Å². The summed E-state index contributed by atoms with van der Waals surface area (Å²) in [4.78, 5) is 18.7. The Kier molecular flexibility index (Phi) is 2.78. The van der Waals surface area contributed by atoms with Crippen molar-refractivity contribution in [3.05, 3.63) is 50.6 Å². The van der Waals surface area contributed by atoms with Crippen LogP contribution < -0.4 is 5.56 Å². The highest BCUT2D eigenvalue weighted by molar-refractivity contribution is 9.10. The molecule has 0 unspecified atom stereocenters. The average molecular weight is 309 g/mol. The molecule has 5 heteroatoms. The van der Waals surface area contributed by atoms with Crippen molar-refractivity contribution in [3.63, 3.8) is 0 Å². The molecule has 1 fully saturated rings. The van der Waals surface area contributed by atoms with Gasteiger partial charge in [0.2, 0.25) is 0 Å². The molecule has 0 amide bonds. The third-order valence-corrected chi connectivity index (χ3v) is 3.56. The van der Waals surface area contributed by atoms with Crippen molar-refractivity contribution in [2.24, 2.45) is 0 Å². The van der Waals surface area contributed by atoms with Crippen molar-refractivity contribution in [1.29, 1.82) is 0 Å². The number of benzene rings is 1. The predicted molar refractivity (Wildman–Crippen MR) is 69.9 cm³/mol. The highest BCUT2D eigenvalue weighted by Crippen LogP contribution is 2.38. The van der Waals surface area contributed by atoms with Crippen LogP contribution >= 0.6 is 15.9 Å². The van der Waals surface area contributed by atoms with Crippen LogP contribution in [-0.2, 0) is 0 Å². The lowest BCUT2D eigenvalue weighted by Gasteiger charge is -2.04. The number of nitrogens with one attached hydrogen (secondary N) is 1. The van der Waals surface area contributed by atoms with E-state index in [1.807, 2.05) is 0 Å². The van der Waals surface area contributed by atoms with E-state index in [9.17, 15) is 9.18 Å². The zero-order valence-electron chi connectivity index (χ0n) is 9.41. The number of aromatic nitrogens is 2. The molecule has 0 saturated heterocycles. The minimum absolute atomic E-state index is 0.164. The first-order valence-corrected chi connectivity index (χ1v) is 6.49. The van der Waals surface area contributed by atoms with Gasteiger partial charge in [-0.15, -0.1) is 0 Å². The third-order valence-electron chi connectivity index (χ3n) is 2.95. The fourth-order valence-electron chi connectivity index (χ4n) is 1.84. The van der Waals surface area contributed by atoms with Crippen LogP contribution in [0.2, 0.25) is 0 Å². The molecule has 1 aromatic carbocycles. The molecule has 0 spiro atoms. The summed E-state index contributed by atoms with van der Waals surface area (Å²) in [5, 5.41) is 0. The molecule has 1 aliphatic carbocycles. The van der Waals surface area contributed by atoms with Crippen LogP contribution in [-0.4, -0.2) is 9.97 Å². The van der Waals surface area contributed by atoms with Gasteiger partial charge in [-0.3, -0.25) is 4.79 Å². The van der Waals surface area contributed by atoms with Gasteiger partial charge < -0.3 is 4.98 Å². The molecule has 1 aromatic heterocycles. The van der Waals surface area contributed by atoms with Gasteiger partial charge in [0.1, 0.15) is 11.6 Å². The maximum atomic E-state index is 13.2. The van der Waals surface area contributed by atoms with Crippen LogP contribution in [0.3, 0.4) is 0 Å². The summed E-state index contributed by atoms with van der Waals surface area (Å²) < 4.78 is 13.5. The van der Waals surface area contributed by atoms with Crippen molar-refractivity contribution in [3.8, 4) is 11.4 Å². The second-order valence-corrected chi connectivity index (χ2v) is 5.28. The summed E-state index contributed by atoms with van der Waals surface area (Å²) in [7, 11) is 0. The van der Waals surface area contributed by atoms with Gasteiger partial charge in [-0.25, -0.2) is 9.37 Å². The van der Waals surface area contributed by atoms with Crippen LogP contribution in [0.25, 0.3) is 11.4 Å². The number of hydrogen-bond acceptors (Lipinski definition) is 2. The second kappa shape index (κ2) is 4.31. The van der Waals surface area contributed by atoms with E-state index < -0.39 is 0 Å².